The number of hydrogen-bond donors (Lipinski definition) is 2. The molecule has 0 unspecified atom stereocenters. The molecule has 7 nitrogen and oxygen atoms in total. The van der Waals surface area contributed by atoms with Crippen molar-refractivity contribution < 1.29 is 18.7 Å². The predicted molar refractivity (Wildman–Crippen MR) is 117 cm³/mol. The molecule has 0 aliphatic carbocycles. The van der Waals surface area contributed by atoms with E-state index in [1.165, 1.54) is 6.07 Å². The molecule has 0 fully saturated rings. The van der Waals surface area contributed by atoms with Gasteiger partial charge in [0.05, 0.1) is 0 Å². The molecular weight excluding hydrogens is 452 g/mol. The fourth-order valence-corrected chi connectivity index (χ4v) is 3.25. The Morgan fingerprint density at radius 3 is 2.60 bits per heavy atom. The first-order valence-electron chi connectivity index (χ1n) is 9.30. The van der Waals surface area contributed by atoms with E-state index in [9.17, 15) is 14.4 Å². The molecule has 0 saturated heterocycles. The van der Waals surface area contributed by atoms with Crippen molar-refractivity contribution in [2.24, 2.45) is 0 Å². The smallest absolute Gasteiger partial charge is 0.349 e. The van der Waals surface area contributed by atoms with Gasteiger partial charge in [-0.25, -0.2) is 4.79 Å². The van der Waals surface area contributed by atoms with Gasteiger partial charge >= 0.3 is 5.63 Å². The molecule has 0 saturated carbocycles. The minimum absolute atomic E-state index is 0.220. The SMILES string of the molecule is Cc1ccc(C(C)C)c(OCC(=O)NNC(=O)c2cc3cc(Br)ccc3oc2=O)c1. The molecule has 2 aromatic carbocycles. The Labute approximate surface area is 181 Å². The lowest BCUT2D eigenvalue weighted by atomic mass is 10.0. The molecule has 2 N–H and O–H groups in total. The zero-order valence-electron chi connectivity index (χ0n) is 16.7. The number of amides is 2. The highest BCUT2D eigenvalue weighted by atomic mass is 79.9. The Bertz CT molecular complexity index is 1170. The van der Waals surface area contributed by atoms with E-state index in [2.05, 4.69) is 26.8 Å². The van der Waals surface area contributed by atoms with Gasteiger partial charge in [0.25, 0.3) is 11.8 Å². The number of fused-ring (bicyclic) bond motifs is 1. The Hall–Kier alpha value is -3.13. The third-order valence-corrected chi connectivity index (χ3v) is 4.90. The van der Waals surface area contributed by atoms with Gasteiger partial charge in [0.1, 0.15) is 16.9 Å². The highest BCUT2D eigenvalue weighted by Crippen LogP contribution is 2.27. The van der Waals surface area contributed by atoms with Crippen molar-refractivity contribution in [3.63, 3.8) is 0 Å². The normalized spacial score (nSPS) is 10.8. The van der Waals surface area contributed by atoms with Crippen LogP contribution >= 0.6 is 15.9 Å². The van der Waals surface area contributed by atoms with E-state index in [1.807, 2.05) is 39.0 Å². The van der Waals surface area contributed by atoms with Gasteiger partial charge in [0.15, 0.2) is 6.61 Å². The summed E-state index contributed by atoms with van der Waals surface area (Å²) in [5, 5.41) is 0.574. The van der Waals surface area contributed by atoms with E-state index < -0.39 is 17.4 Å². The second kappa shape index (κ2) is 9.13. The topological polar surface area (TPSA) is 97.6 Å². The van der Waals surface area contributed by atoms with Crippen LogP contribution in [0.25, 0.3) is 11.0 Å². The quantitative estimate of drug-likeness (QED) is 0.434. The van der Waals surface area contributed by atoms with Gasteiger partial charge in [-0.05, 0) is 54.3 Å². The standard InChI is InChI=1S/C22H21BrN2O5/c1-12(2)16-6-4-13(3)8-19(16)29-11-20(26)24-25-21(27)17-10-14-9-15(23)5-7-18(14)30-22(17)28/h4-10,12H,11H2,1-3H3,(H,24,26)(H,25,27). The van der Waals surface area contributed by atoms with Crippen LogP contribution in [-0.2, 0) is 4.79 Å². The summed E-state index contributed by atoms with van der Waals surface area (Å²) in [4.78, 5) is 36.5. The number of halogens is 1. The van der Waals surface area contributed by atoms with E-state index in [0.29, 0.717) is 16.7 Å². The number of hydrogen-bond acceptors (Lipinski definition) is 5. The molecule has 0 bridgehead atoms. The lowest BCUT2D eigenvalue weighted by Gasteiger charge is -2.15. The molecule has 0 aliphatic rings. The molecule has 0 spiro atoms. The molecule has 0 atom stereocenters. The number of carbonyl (C=O) groups is 2. The van der Waals surface area contributed by atoms with Crippen LogP contribution in [0.2, 0.25) is 0 Å². The third kappa shape index (κ3) is 5.07. The summed E-state index contributed by atoms with van der Waals surface area (Å²) in [5.74, 6) is -0.493. The summed E-state index contributed by atoms with van der Waals surface area (Å²) in [6, 6.07) is 12.3. The van der Waals surface area contributed by atoms with Crippen LogP contribution < -0.4 is 21.2 Å². The third-order valence-electron chi connectivity index (χ3n) is 4.40. The molecule has 2 amide bonds. The highest BCUT2D eigenvalue weighted by Gasteiger charge is 2.15. The van der Waals surface area contributed by atoms with E-state index in [0.717, 1.165) is 15.6 Å². The number of ether oxygens (including phenoxy) is 1. The van der Waals surface area contributed by atoms with Gasteiger partial charge in [-0.3, -0.25) is 20.4 Å². The van der Waals surface area contributed by atoms with E-state index in [1.54, 1.807) is 18.2 Å². The van der Waals surface area contributed by atoms with Gasteiger partial charge in [0.2, 0.25) is 0 Å². The number of rotatable bonds is 5. The van der Waals surface area contributed by atoms with E-state index in [-0.39, 0.29) is 18.1 Å². The van der Waals surface area contributed by atoms with E-state index in [4.69, 9.17) is 9.15 Å². The first-order chi connectivity index (χ1) is 14.2. The summed E-state index contributed by atoms with van der Waals surface area (Å²) in [6.07, 6.45) is 0. The van der Waals surface area contributed by atoms with Crippen LogP contribution in [0.15, 0.2) is 56.1 Å². The van der Waals surface area contributed by atoms with Gasteiger partial charge < -0.3 is 9.15 Å². The molecule has 3 aromatic rings. The zero-order chi connectivity index (χ0) is 21.8. The van der Waals surface area contributed by atoms with Gasteiger partial charge in [-0.2, -0.15) is 0 Å². The Kier molecular flexibility index (Phi) is 6.56. The molecule has 156 valence electrons. The van der Waals surface area contributed by atoms with Crippen LogP contribution in [0.4, 0.5) is 0 Å². The van der Waals surface area contributed by atoms with Crippen molar-refractivity contribution in [1.82, 2.24) is 10.9 Å². The minimum Gasteiger partial charge on any atom is -0.483 e. The largest absolute Gasteiger partial charge is 0.483 e. The van der Waals surface area contributed by atoms with Crippen molar-refractivity contribution in [3.8, 4) is 5.75 Å². The Balaban J connectivity index is 1.63. The van der Waals surface area contributed by atoms with E-state index >= 15 is 0 Å². The van der Waals surface area contributed by atoms with Crippen LogP contribution in [0.3, 0.4) is 0 Å². The van der Waals surface area contributed by atoms with Crippen LogP contribution in [0, 0.1) is 6.92 Å². The lowest BCUT2D eigenvalue weighted by Crippen LogP contribution is -2.45. The summed E-state index contributed by atoms with van der Waals surface area (Å²) in [7, 11) is 0. The fraction of sp³-hybridized carbons (Fsp3) is 0.227. The average Bonchev–Trinajstić information content (AvgIpc) is 2.70. The zero-order valence-corrected chi connectivity index (χ0v) is 18.3. The maximum atomic E-state index is 12.3. The summed E-state index contributed by atoms with van der Waals surface area (Å²) in [6.45, 7) is 5.71. The number of nitrogens with one attached hydrogen (secondary N) is 2. The molecule has 3 rings (SSSR count). The van der Waals surface area contributed by atoms with Crippen LogP contribution in [-0.4, -0.2) is 18.4 Å². The average molecular weight is 473 g/mol. The first kappa shape index (κ1) is 21.6. The summed E-state index contributed by atoms with van der Waals surface area (Å²) >= 11 is 3.33. The number of benzene rings is 2. The molecule has 30 heavy (non-hydrogen) atoms. The Morgan fingerprint density at radius 1 is 1.10 bits per heavy atom. The lowest BCUT2D eigenvalue weighted by molar-refractivity contribution is -0.123. The van der Waals surface area contributed by atoms with Crippen LogP contribution in [0.5, 0.6) is 5.75 Å². The number of carbonyl (C=O) groups excluding carboxylic acids is 2. The van der Waals surface area contributed by atoms with Crippen molar-refractivity contribution in [2.75, 3.05) is 6.61 Å². The second-order valence-corrected chi connectivity index (χ2v) is 8.03. The fourth-order valence-electron chi connectivity index (χ4n) is 2.87. The Morgan fingerprint density at radius 2 is 1.87 bits per heavy atom. The number of aryl methyl sites for hydroxylation is 1. The van der Waals surface area contributed by atoms with Crippen molar-refractivity contribution >= 4 is 38.7 Å². The van der Waals surface area contributed by atoms with Crippen molar-refractivity contribution in [1.29, 1.82) is 0 Å². The number of hydrazine groups is 1. The molecule has 0 radical (unpaired) electrons. The maximum absolute atomic E-state index is 12.3. The molecule has 1 aromatic heterocycles. The van der Waals surface area contributed by atoms with Crippen molar-refractivity contribution in [3.05, 3.63) is 74.0 Å². The minimum atomic E-state index is -0.797. The van der Waals surface area contributed by atoms with Gasteiger partial charge in [-0.1, -0.05) is 41.9 Å². The maximum Gasteiger partial charge on any atom is 0.349 e. The predicted octanol–water partition coefficient (Wildman–Crippen LogP) is 3.83. The van der Waals surface area contributed by atoms with Gasteiger partial charge in [-0.15, -0.1) is 0 Å². The monoisotopic (exact) mass is 472 g/mol. The van der Waals surface area contributed by atoms with Crippen molar-refractivity contribution in [2.45, 2.75) is 26.7 Å². The van der Waals surface area contributed by atoms with Gasteiger partial charge in [0, 0.05) is 9.86 Å². The molecule has 1 heterocycles. The first-order valence-corrected chi connectivity index (χ1v) is 10.1. The van der Waals surface area contributed by atoms with Crippen LogP contribution in [0.1, 0.15) is 41.3 Å². The molecular formula is C22H21BrN2O5. The highest BCUT2D eigenvalue weighted by molar-refractivity contribution is 9.10. The molecule has 8 heteroatoms. The summed E-state index contributed by atoms with van der Waals surface area (Å²) in [5.41, 5.74) is 5.80. The molecule has 0 aliphatic heterocycles. The second-order valence-electron chi connectivity index (χ2n) is 7.12. The summed E-state index contributed by atoms with van der Waals surface area (Å²) < 4.78 is 11.6.